The van der Waals surface area contributed by atoms with E-state index in [-0.39, 0.29) is 5.91 Å². The highest BCUT2D eigenvalue weighted by Crippen LogP contribution is 2.38. The predicted molar refractivity (Wildman–Crippen MR) is 76.7 cm³/mol. The summed E-state index contributed by atoms with van der Waals surface area (Å²) in [6.45, 7) is 2.19. The third kappa shape index (κ3) is 3.04. The first kappa shape index (κ1) is 14.7. The van der Waals surface area contributed by atoms with E-state index in [1.165, 1.54) is 0 Å². The molecule has 0 radical (unpaired) electrons. The Kier molecular flexibility index (Phi) is 4.18. The monoisotopic (exact) mass is 278 g/mol. The van der Waals surface area contributed by atoms with Gasteiger partial charge in [0.15, 0.2) is 0 Å². The number of nitrogens with one attached hydrogen (secondary N) is 1. The molecule has 1 unspecified atom stereocenters. The average molecular weight is 278 g/mol. The van der Waals surface area contributed by atoms with Crippen LogP contribution in [-0.2, 0) is 11.3 Å². The fraction of sp³-hybridized carbons (Fsp3) is 0.533. The maximum atomic E-state index is 12.1. The van der Waals surface area contributed by atoms with Crippen LogP contribution in [0.1, 0.15) is 25.3 Å². The number of methoxy groups -OCH3 is 2. The second kappa shape index (κ2) is 5.71. The highest BCUT2D eigenvalue weighted by atomic mass is 16.5. The Bertz CT molecular complexity index is 496. The lowest BCUT2D eigenvalue weighted by molar-refractivity contribution is -0.126. The van der Waals surface area contributed by atoms with Crippen molar-refractivity contribution in [1.82, 2.24) is 5.32 Å². The van der Waals surface area contributed by atoms with E-state index in [1.54, 1.807) is 27.2 Å². The highest BCUT2D eigenvalue weighted by Gasteiger charge is 2.43. The van der Waals surface area contributed by atoms with E-state index >= 15 is 0 Å². The van der Waals surface area contributed by atoms with E-state index in [0.717, 1.165) is 24.2 Å². The molecule has 0 spiro atoms. The van der Waals surface area contributed by atoms with Crippen molar-refractivity contribution in [2.45, 2.75) is 31.8 Å². The van der Waals surface area contributed by atoms with Gasteiger partial charge in [-0.15, -0.1) is 0 Å². The summed E-state index contributed by atoms with van der Waals surface area (Å²) < 4.78 is 10.4. The Labute approximate surface area is 119 Å². The van der Waals surface area contributed by atoms with Crippen LogP contribution in [0.5, 0.6) is 11.5 Å². The molecule has 2 rings (SSSR count). The molecule has 1 aromatic rings. The lowest BCUT2D eigenvalue weighted by atomic mass is 9.96. The molecule has 1 aliphatic carbocycles. The van der Waals surface area contributed by atoms with Crippen LogP contribution in [0, 0.1) is 5.92 Å². The fourth-order valence-corrected chi connectivity index (χ4v) is 2.23. The maximum absolute atomic E-state index is 12.1. The van der Waals surface area contributed by atoms with Gasteiger partial charge in [-0.3, -0.25) is 4.79 Å². The van der Waals surface area contributed by atoms with Gasteiger partial charge < -0.3 is 20.5 Å². The van der Waals surface area contributed by atoms with Gasteiger partial charge in [-0.1, -0.05) is 0 Å². The van der Waals surface area contributed by atoms with Crippen molar-refractivity contribution in [2.24, 2.45) is 11.7 Å². The fourth-order valence-electron chi connectivity index (χ4n) is 2.23. The minimum absolute atomic E-state index is 0.113. The first-order valence-electron chi connectivity index (χ1n) is 6.77. The summed E-state index contributed by atoms with van der Waals surface area (Å²) in [5.41, 5.74) is 6.20. The summed E-state index contributed by atoms with van der Waals surface area (Å²) in [6, 6.07) is 5.51. The molecule has 3 N–H and O–H groups in total. The molecule has 1 fully saturated rings. The lowest BCUT2D eigenvalue weighted by Crippen LogP contribution is -2.53. The largest absolute Gasteiger partial charge is 0.497 e. The molecule has 1 aliphatic rings. The Hall–Kier alpha value is -1.75. The van der Waals surface area contributed by atoms with Gasteiger partial charge in [0.05, 0.1) is 19.8 Å². The van der Waals surface area contributed by atoms with Crippen LogP contribution in [0.3, 0.4) is 0 Å². The first-order valence-corrected chi connectivity index (χ1v) is 6.77. The number of benzene rings is 1. The van der Waals surface area contributed by atoms with Crippen LogP contribution in [0.15, 0.2) is 18.2 Å². The molecule has 5 nitrogen and oxygen atoms in total. The van der Waals surface area contributed by atoms with Crippen LogP contribution < -0.4 is 20.5 Å². The van der Waals surface area contributed by atoms with E-state index < -0.39 is 5.54 Å². The number of carbonyl (C=O) groups excluding carboxylic acids is 1. The second-order valence-corrected chi connectivity index (χ2v) is 5.42. The smallest absolute Gasteiger partial charge is 0.240 e. The predicted octanol–water partition coefficient (Wildman–Crippen LogP) is 1.45. The van der Waals surface area contributed by atoms with Gasteiger partial charge in [-0.2, -0.15) is 0 Å². The van der Waals surface area contributed by atoms with Crippen molar-refractivity contribution in [2.75, 3.05) is 14.2 Å². The van der Waals surface area contributed by atoms with Gasteiger partial charge in [0, 0.05) is 18.2 Å². The van der Waals surface area contributed by atoms with Crippen molar-refractivity contribution in [3.8, 4) is 11.5 Å². The highest BCUT2D eigenvalue weighted by molar-refractivity contribution is 5.86. The van der Waals surface area contributed by atoms with Gasteiger partial charge in [0.2, 0.25) is 5.91 Å². The van der Waals surface area contributed by atoms with Crippen LogP contribution in [0.25, 0.3) is 0 Å². The number of nitrogens with two attached hydrogens (primary N) is 1. The number of ether oxygens (including phenoxy) is 2. The third-order valence-electron chi connectivity index (χ3n) is 3.85. The normalized spacial score (nSPS) is 17.2. The summed E-state index contributed by atoms with van der Waals surface area (Å²) >= 11 is 0. The number of carbonyl (C=O) groups is 1. The van der Waals surface area contributed by atoms with Crippen molar-refractivity contribution in [3.63, 3.8) is 0 Å². The van der Waals surface area contributed by atoms with E-state index in [9.17, 15) is 4.79 Å². The summed E-state index contributed by atoms with van der Waals surface area (Å²) in [5.74, 6) is 1.60. The first-order chi connectivity index (χ1) is 9.48. The van der Waals surface area contributed by atoms with E-state index in [1.807, 2.05) is 12.1 Å². The zero-order valence-corrected chi connectivity index (χ0v) is 12.2. The number of hydrogen-bond donors (Lipinski definition) is 2. The molecule has 0 heterocycles. The number of rotatable bonds is 6. The molecule has 0 aromatic heterocycles. The minimum Gasteiger partial charge on any atom is -0.497 e. The molecule has 1 atom stereocenters. The summed E-state index contributed by atoms with van der Waals surface area (Å²) in [5, 5.41) is 2.89. The van der Waals surface area contributed by atoms with Crippen LogP contribution >= 0.6 is 0 Å². The van der Waals surface area contributed by atoms with Gasteiger partial charge in [0.1, 0.15) is 11.5 Å². The van der Waals surface area contributed by atoms with Crippen molar-refractivity contribution < 1.29 is 14.3 Å². The SMILES string of the molecule is COc1ccc(CNC(=O)C(C)(N)C2CC2)c(OC)c1. The molecule has 20 heavy (non-hydrogen) atoms. The molecule has 1 aromatic carbocycles. The molecule has 5 heteroatoms. The number of amides is 1. The van der Waals surface area contributed by atoms with Crippen molar-refractivity contribution in [1.29, 1.82) is 0 Å². The molecule has 1 amide bonds. The molecule has 110 valence electrons. The van der Waals surface area contributed by atoms with Crippen molar-refractivity contribution >= 4 is 5.91 Å². The Morgan fingerprint density at radius 3 is 2.65 bits per heavy atom. The summed E-state index contributed by atoms with van der Waals surface area (Å²) in [6.07, 6.45) is 2.07. The zero-order valence-electron chi connectivity index (χ0n) is 12.2. The van der Waals surface area contributed by atoms with Crippen molar-refractivity contribution in [3.05, 3.63) is 23.8 Å². The van der Waals surface area contributed by atoms with Crippen LogP contribution in [-0.4, -0.2) is 25.7 Å². The van der Waals surface area contributed by atoms with Gasteiger partial charge >= 0.3 is 0 Å². The maximum Gasteiger partial charge on any atom is 0.240 e. The van der Waals surface area contributed by atoms with E-state index in [0.29, 0.717) is 18.2 Å². The molecular formula is C15H22N2O3. The molecule has 0 bridgehead atoms. The van der Waals surface area contributed by atoms with Crippen LogP contribution in [0.4, 0.5) is 0 Å². The molecule has 0 saturated heterocycles. The van der Waals surface area contributed by atoms with Crippen LogP contribution in [0.2, 0.25) is 0 Å². The second-order valence-electron chi connectivity index (χ2n) is 5.42. The lowest BCUT2D eigenvalue weighted by Gasteiger charge is -2.23. The topological polar surface area (TPSA) is 73.6 Å². The average Bonchev–Trinajstić information content (AvgIpc) is 3.29. The third-order valence-corrected chi connectivity index (χ3v) is 3.85. The van der Waals surface area contributed by atoms with Gasteiger partial charge in [-0.05, 0) is 37.8 Å². The van der Waals surface area contributed by atoms with Gasteiger partial charge in [-0.25, -0.2) is 0 Å². The Morgan fingerprint density at radius 2 is 2.10 bits per heavy atom. The molecule has 0 aliphatic heterocycles. The van der Waals surface area contributed by atoms with E-state index in [4.69, 9.17) is 15.2 Å². The summed E-state index contributed by atoms with van der Waals surface area (Å²) in [7, 11) is 3.20. The standard InChI is InChI=1S/C15H22N2O3/c1-15(16,11-5-6-11)14(18)17-9-10-4-7-12(19-2)8-13(10)20-3/h4,7-8,11H,5-6,9,16H2,1-3H3,(H,17,18). The molecular weight excluding hydrogens is 256 g/mol. The zero-order chi connectivity index (χ0) is 14.8. The summed E-state index contributed by atoms with van der Waals surface area (Å²) in [4.78, 5) is 12.1. The molecule has 1 saturated carbocycles. The Morgan fingerprint density at radius 1 is 1.40 bits per heavy atom. The quantitative estimate of drug-likeness (QED) is 0.826. The van der Waals surface area contributed by atoms with Gasteiger partial charge in [0.25, 0.3) is 0 Å². The minimum atomic E-state index is -0.778. The van der Waals surface area contributed by atoms with E-state index in [2.05, 4.69) is 5.32 Å². The number of hydrogen-bond acceptors (Lipinski definition) is 4. The Balaban J connectivity index is 2.01.